The van der Waals surface area contributed by atoms with E-state index in [1.54, 1.807) is 24.3 Å². The van der Waals surface area contributed by atoms with Gasteiger partial charge in [-0.25, -0.2) is 4.79 Å². The first kappa shape index (κ1) is 27.6. The third-order valence-corrected chi connectivity index (χ3v) is 7.66. The fourth-order valence-electron chi connectivity index (χ4n) is 5.37. The summed E-state index contributed by atoms with van der Waals surface area (Å²) >= 11 is 0. The fourth-order valence-corrected chi connectivity index (χ4v) is 5.37. The predicted molar refractivity (Wildman–Crippen MR) is 141 cm³/mol. The van der Waals surface area contributed by atoms with Crippen LogP contribution in [0.1, 0.15) is 54.1 Å². The lowest BCUT2D eigenvalue weighted by Gasteiger charge is -2.33. The molecule has 0 spiro atoms. The number of ether oxygens (including phenoxy) is 1. The molecular weight excluding hydrogens is 525 g/mol. The number of aryl methyl sites for hydroxylation is 1. The van der Waals surface area contributed by atoms with Gasteiger partial charge in [0, 0.05) is 38.4 Å². The number of alkyl halides is 3. The zero-order chi connectivity index (χ0) is 28.6. The number of halogens is 3. The van der Waals surface area contributed by atoms with Crippen LogP contribution in [0.25, 0.3) is 11.2 Å². The van der Waals surface area contributed by atoms with E-state index in [2.05, 4.69) is 14.9 Å². The van der Waals surface area contributed by atoms with E-state index >= 15 is 0 Å². The quantitative estimate of drug-likeness (QED) is 0.288. The fraction of sp³-hybridized carbons (Fsp3) is 0.429. The van der Waals surface area contributed by atoms with Gasteiger partial charge in [-0.3, -0.25) is 13.8 Å². The van der Waals surface area contributed by atoms with Gasteiger partial charge in [0.2, 0.25) is 0 Å². The van der Waals surface area contributed by atoms with Crippen LogP contribution in [0.15, 0.2) is 53.8 Å². The topological polar surface area (TPSA) is 86.7 Å². The minimum atomic E-state index is -4.67. The highest BCUT2D eigenvalue weighted by Crippen LogP contribution is 2.43. The molecule has 4 aromatic rings. The molecule has 40 heavy (non-hydrogen) atoms. The van der Waals surface area contributed by atoms with Crippen molar-refractivity contribution in [1.29, 1.82) is 0 Å². The normalized spacial score (nSPS) is 15.0. The minimum Gasteiger partial charge on any atom is -0.469 e. The van der Waals surface area contributed by atoms with Gasteiger partial charge in [0.1, 0.15) is 12.2 Å². The molecule has 0 radical (unpaired) electrons. The average molecular weight is 557 g/mol. The summed E-state index contributed by atoms with van der Waals surface area (Å²) in [5, 5.41) is 8.38. The highest BCUT2D eigenvalue weighted by Gasteiger charge is 2.35. The second-order valence-electron chi connectivity index (χ2n) is 10.4. The number of hydrogen-bond donors (Lipinski definition) is 0. The molecule has 1 aliphatic rings. The molecule has 3 aromatic heterocycles. The molecule has 1 saturated carbocycles. The van der Waals surface area contributed by atoms with E-state index in [1.165, 1.54) is 24.1 Å². The monoisotopic (exact) mass is 556 g/mol. The molecule has 0 bridgehead atoms. The lowest BCUT2D eigenvalue weighted by molar-refractivity contribution is -0.141. The number of esters is 1. The van der Waals surface area contributed by atoms with Crippen LogP contribution in [0.4, 0.5) is 13.2 Å². The number of rotatable bonds is 9. The molecule has 12 heteroatoms. The SMILES string of the molecule is COC(=O)CCN(C)Cc1cc(C(F)(F)F)c2cn(-c3cccc([C@H](c4nncn4C)C4CCC4)c3)c(=O)n2c1. The van der Waals surface area contributed by atoms with Gasteiger partial charge in [0.25, 0.3) is 0 Å². The van der Waals surface area contributed by atoms with Gasteiger partial charge >= 0.3 is 17.8 Å². The van der Waals surface area contributed by atoms with Crippen molar-refractivity contribution in [2.75, 3.05) is 20.7 Å². The van der Waals surface area contributed by atoms with Gasteiger partial charge in [-0.1, -0.05) is 18.6 Å². The third-order valence-electron chi connectivity index (χ3n) is 7.66. The maximum atomic E-state index is 14.2. The summed E-state index contributed by atoms with van der Waals surface area (Å²) in [5.41, 5.74) is -0.0202. The number of pyridine rings is 1. The maximum absolute atomic E-state index is 14.2. The van der Waals surface area contributed by atoms with Gasteiger partial charge in [-0.15, -0.1) is 10.2 Å². The van der Waals surface area contributed by atoms with Crippen molar-refractivity contribution in [3.8, 4) is 5.69 Å². The number of carbonyl (C=O) groups is 1. The van der Waals surface area contributed by atoms with E-state index in [0.29, 0.717) is 23.7 Å². The van der Waals surface area contributed by atoms with Crippen LogP contribution in [0.2, 0.25) is 0 Å². The van der Waals surface area contributed by atoms with Gasteiger partial charge in [-0.05, 0) is 55.1 Å². The maximum Gasteiger partial charge on any atom is 0.418 e. The van der Waals surface area contributed by atoms with E-state index in [9.17, 15) is 22.8 Å². The Balaban J connectivity index is 1.55. The van der Waals surface area contributed by atoms with E-state index in [-0.39, 0.29) is 24.4 Å². The molecule has 1 fully saturated rings. The van der Waals surface area contributed by atoms with E-state index in [1.807, 2.05) is 29.8 Å². The van der Waals surface area contributed by atoms with Crippen LogP contribution in [0.3, 0.4) is 0 Å². The van der Waals surface area contributed by atoms with Gasteiger partial charge in [0.05, 0.1) is 30.3 Å². The Morgan fingerprint density at radius 3 is 2.62 bits per heavy atom. The Labute approximate surface area is 228 Å². The van der Waals surface area contributed by atoms with Crippen molar-refractivity contribution < 1.29 is 22.7 Å². The van der Waals surface area contributed by atoms with E-state index < -0.39 is 23.4 Å². The molecule has 3 heterocycles. The Hall–Kier alpha value is -3.93. The molecule has 212 valence electrons. The number of fused-ring (bicyclic) bond motifs is 1. The first-order valence-corrected chi connectivity index (χ1v) is 13.1. The number of hydrogen-bond acceptors (Lipinski definition) is 6. The largest absolute Gasteiger partial charge is 0.469 e. The van der Waals surface area contributed by atoms with Crippen LogP contribution in [-0.2, 0) is 29.3 Å². The van der Waals surface area contributed by atoms with Gasteiger partial charge in [0.15, 0.2) is 0 Å². The smallest absolute Gasteiger partial charge is 0.418 e. The van der Waals surface area contributed by atoms with Crippen LogP contribution in [0, 0.1) is 5.92 Å². The first-order chi connectivity index (χ1) is 19.1. The van der Waals surface area contributed by atoms with Crippen LogP contribution in [-0.4, -0.2) is 55.3 Å². The van der Waals surface area contributed by atoms with Crippen molar-refractivity contribution in [1.82, 2.24) is 28.6 Å². The van der Waals surface area contributed by atoms with Crippen molar-refractivity contribution in [2.45, 2.75) is 44.3 Å². The summed E-state index contributed by atoms with van der Waals surface area (Å²) in [5.74, 6) is 0.745. The molecule has 0 aliphatic heterocycles. The first-order valence-electron chi connectivity index (χ1n) is 13.1. The van der Waals surface area contributed by atoms with E-state index in [0.717, 1.165) is 41.1 Å². The zero-order valence-corrected chi connectivity index (χ0v) is 22.6. The molecule has 0 amide bonds. The Bertz CT molecular complexity index is 1580. The highest BCUT2D eigenvalue weighted by molar-refractivity contribution is 5.69. The summed E-state index contributed by atoms with van der Waals surface area (Å²) in [7, 11) is 4.86. The summed E-state index contributed by atoms with van der Waals surface area (Å²) < 4.78 is 51.3. The Morgan fingerprint density at radius 1 is 1.23 bits per heavy atom. The summed E-state index contributed by atoms with van der Waals surface area (Å²) in [4.78, 5) is 26.7. The Kier molecular flexibility index (Phi) is 7.54. The van der Waals surface area contributed by atoms with Gasteiger partial charge in [-0.2, -0.15) is 13.2 Å². The van der Waals surface area contributed by atoms with Crippen molar-refractivity contribution in [2.24, 2.45) is 13.0 Å². The third kappa shape index (κ3) is 5.40. The number of nitrogens with zero attached hydrogens (tertiary/aromatic N) is 6. The molecule has 1 aliphatic carbocycles. The standard InChI is InChI=1S/C28H31F3N6O3/c1-34(11-10-24(38)40-3)14-18-12-22(28(29,30)31)23-16-36(27(39)37(23)15-18)21-9-5-8-20(13-21)25(19-6-4-7-19)26-33-32-17-35(26)2/h5,8-9,12-13,15-17,19,25H,4,6-7,10-11,14H2,1-3H3/t25-/m1/s1. The lowest BCUT2D eigenvalue weighted by atomic mass is 9.72. The van der Waals surface area contributed by atoms with Crippen LogP contribution in [0.5, 0.6) is 0 Å². The van der Waals surface area contributed by atoms with Crippen molar-refractivity contribution in [3.63, 3.8) is 0 Å². The van der Waals surface area contributed by atoms with Crippen LogP contribution < -0.4 is 5.69 Å². The summed E-state index contributed by atoms with van der Waals surface area (Å²) in [6.07, 6.45) is 2.97. The highest BCUT2D eigenvalue weighted by atomic mass is 19.4. The molecule has 1 atom stereocenters. The number of carbonyl (C=O) groups excluding carboxylic acids is 1. The molecule has 9 nitrogen and oxygen atoms in total. The summed E-state index contributed by atoms with van der Waals surface area (Å²) in [6.45, 7) is 0.409. The van der Waals surface area contributed by atoms with E-state index in [4.69, 9.17) is 0 Å². The number of benzene rings is 1. The van der Waals surface area contributed by atoms with Gasteiger partial charge < -0.3 is 14.2 Å². The predicted octanol–water partition coefficient (Wildman–Crippen LogP) is 4.16. The number of aromatic nitrogens is 5. The summed E-state index contributed by atoms with van der Waals surface area (Å²) in [6, 6.07) is 8.41. The zero-order valence-electron chi connectivity index (χ0n) is 22.6. The molecule has 1 aromatic carbocycles. The molecule has 0 saturated heterocycles. The van der Waals surface area contributed by atoms with Crippen molar-refractivity contribution >= 4 is 11.5 Å². The molecule has 5 rings (SSSR count). The van der Waals surface area contributed by atoms with Crippen molar-refractivity contribution in [3.05, 3.63) is 82.1 Å². The molecular formula is C28H31F3N6O3. The second-order valence-corrected chi connectivity index (χ2v) is 10.4. The average Bonchev–Trinajstić information content (AvgIpc) is 3.46. The molecule has 0 N–H and O–H groups in total. The second kappa shape index (κ2) is 10.9. The number of methoxy groups -OCH3 is 1. The van der Waals surface area contributed by atoms with Crippen LogP contribution >= 0.6 is 0 Å². The number of imidazole rings is 1. The lowest BCUT2D eigenvalue weighted by Crippen LogP contribution is -2.25. The Morgan fingerprint density at radius 2 is 2.00 bits per heavy atom. The molecule has 0 unspecified atom stereocenters. The minimum absolute atomic E-state index is 0.0354.